The van der Waals surface area contributed by atoms with Gasteiger partial charge < -0.3 is 10.1 Å². The molecule has 1 heterocycles. The third-order valence-electron chi connectivity index (χ3n) is 3.59. The molecule has 2 rings (SSSR count). The van der Waals surface area contributed by atoms with E-state index in [1.807, 2.05) is 26.0 Å². The molecule has 0 aromatic heterocycles. The third kappa shape index (κ3) is 2.77. The van der Waals surface area contributed by atoms with Gasteiger partial charge >= 0.3 is 0 Å². The molecule has 100 valence electrons. The number of nitriles is 1. The van der Waals surface area contributed by atoms with Gasteiger partial charge in [0, 0.05) is 6.61 Å². The zero-order valence-corrected chi connectivity index (χ0v) is 11.3. The molecule has 1 fully saturated rings. The lowest BCUT2D eigenvalue weighted by Gasteiger charge is -2.17. The van der Waals surface area contributed by atoms with Gasteiger partial charge in [0.2, 0.25) is 5.91 Å². The van der Waals surface area contributed by atoms with Crippen molar-refractivity contribution in [2.45, 2.75) is 32.8 Å². The Bertz CT molecular complexity index is 519. The Morgan fingerprint density at radius 1 is 1.58 bits per heavy atom. The average molecular weight is 258 g/mol. The van der Waals surface area contributed by atoms with E-state index in [0.717, 1.165) is 18.4 Å². The van der Waals surface area contributed by atoms with E-state index in [-0.39, 0.29) is 17.9 Å². The number of aryl methyl sites for hydroxylation is 1. The first-order valence-electron chi connectivity index (χ1n) is 6.59. The topological polar surface area (TPSA) is 62.1 Å². The summed E-state index contributed by atoms with van der Waals surface area (Å²) < 4.78 is 5.53. The summed E-state index contributed by atoms with van der Waals surface area (Å²) in [6.45, 7) is 4.51. The minimum atomic E-state index is -0.114. The van der Waals surface area contributed by atoms with E-state index >= 15 is 0 Å². The summed E-state index contributed by atoms with van der Waals surface area (Å²) in [5.41, 5.74) is 1.99. The Morgan fingerprint density at radius 3 is 3.05 bits per heavy atom. The van der Waals surface area contributed by atoms with Gasteiger partial charge in [-0.25, -0.2) is 0 Å². The zero-order valence-electron chi connectivity index (χ0n) is 11.3. The maximum absolute atomic E-state index is 12.3. The number of carbonyl (C=O) groups excluding carboxylic acids is 1. The Kier molecular flexibility index (Phi) is 4.18. The molecule has 0 spiro atoms. The summed E-state index contributed by atoms with van der Waals surface area (Å²) in [4.78, 5) is 12.3. The lowest BCUT2D eigenvalue weighted by Crippen LogP contribution is -2.29. The average Bonchev–Trinajstić information content (AvgIpc) is 2.87. The normalized spacial score (nSPS) is 21.9. The molecule has 0 saturated carbocycles. The van der Waals surface area contributed by atoms with E-state index in [1.165, 1.54) is 0 Å². The lowest BCUT2D eigenvalue weighted by atomic mass is 9.98. The van der Waals surface area contributed by atoms with Crippen molar-refractivity contribution >= 4 is 11.6 Å². The number of carbonyl (C=O) groups is 1. The van der Waals surface area contributed by atoms with Crippen molar-refractivity contribution in [1.82, 2.24) is 0 Å². The van der Waals surface area contributed by atoms with Gasteiger partial charge in [0.25, 0.3) is 0 Å². The maximum Gasteiger partial charge on any atom is 0.230 e. The molecular weight excluding hydrogens is 240 g/mol. The van der Waals surface area contributed by atoms with Crippen molar-refractivity contribution in [3.63, 3.8) is 0 Å². The van der Waals surface area contributed by atoms with Crippen molar-refractivity contribution in [2.24, 2.45) is 5.92 Å². The van der Waals surface area contributed by atoms with Crippen molar-refractivity contribution in [1.29, 1.82) is 5.26 Å². The first kappa shape index (κ1) is 13.6. The highest BCUT2D eigenvalue weighted by Gasteiger charge is 2.33. The largest absolute Gasteiger partial charge is 0.377 e. The van der Waals surface area contributed by atoms with Crippen LogP contribution >= 0.6 is 0 Å². The van der Waals surface area contributed by atoms with Crippen molar-refractivity contribution in [3.8, 4) is 6.07 Å². The van der Waals surface area contributed by atoms with Crippen LogP contribution in [-0.4, -0.2) is 18.6 Å². The summed E-state index contributed by atoms with van der Waals surface area (Å²) in [7, 11) is 0. The van der Waals surface area contributed by atoms with E-state index in [2.05, 4.69) is 11.4 Å². The summed E-state index contributed by atoms with van der Waals surface area (Å²) in [6, 6.07) is 7.61. The molecule has 1 aromatic carbocycles. The second-order valence-corrected chi connectivity index (χ2v) is 4.81. The fraction of sp³-hybridized carbons (Fsp3) is 0.467. The van der Waals surface area contributed by atoms with E-state index in [1.54, 1.807) is 6.07 Å². The molecule has 1 aromatic rings. The molecule has 0 bridgehead atoms. The molecule has 1 amide bonds. The van der Waals surface area contributed by atoms with Crippen LogP contribution in [0.3, 0.4) is 0 Å². The van der Waals surface area contributed by atoms with Crippen molar-refractivity contribution in [3.05, 3.63) is 29.3 Å². The Balaban J connectivity index is 2.16. The number of hydrogen-bond acceptors (Lipinski definition) is 3. The minimum absolute atomic E-state index is 0.00431. The van der Waals surface area contributed by atoms with Crippen LogP contribution in [0.4, 0.5) is 5.69 Å². The van der Waals surface area contributed by atoms with Crippen LogP contribution < -0.4 is 5.32 Å². The van der Waals surface area contributed by atoms with Gasteiger partial charge in [-0.3, -0.25) is 4.79 Å². The monoisotopic (exact) mass is 258 g/mol. The fourth-order valence-corrected chi connectivity index (χ4v) is 2.50. The molecule has 1 N–H and O–H groups in total. The number of anilines is 1. The second kappa shape index (κ2) is 5.85. The highest BCUT2D eigenvalue weighted by atomic mass is 16.5. The molecule has 0 radical (unpaired) electrons. The highest BCUT2D eigenvalue weighted by molar-refractivity contribution is 5.94. The van der Waals surface area contributed by atoms with E-state index in [0.29, 0.717) is 17.9 Å². The summed E-state index contributed by atoms with van der Waals surface area (Å²) in [5.74, 6) is -0.163. The zero-order chi connectivity index (χ0) is 13.8. The molecule has 1 saturated heterocycles. The Labute approximate surface area is 113 Å². The SMILES string of the molecule is CCC1OCCC1C(=O)Nc1cccc(C)c1C#N. The number of rotatable bonds is 3. The number of hydrogen-bond donors (Lipinski definition) is 1. The maximum atomic E-state index is 12.3. The molecule has 1 aliphatic rings. The van der Waals surface area contributed by atoms with Crippen LogP contribution in [0.25, 0.3) is 0 Å². The predicted molar refractivity (Wildman–Crippen MR) is 72.7 cm³/mol. The number of benzene rings is 1. The Hall–Kier alpha value is -1.86. The Morgan fingerprint density at radius 2 is 2.37 bits per heavy atom. The van der Waals surface area contributed by atoms with Gasteiger partial charge in [0.15, 0.2) is 0 Å². The highest BCUT2D eigenvalue weighted by Crippen LogP contribution is 2.26. The molecule has 4 nitrogen and oxygen atoms in total. The summed E-state index contributed by atoms with van der Waals surface area (Å²) in [6.07, 6.45) is 1.57. The van der Waals surface area contributed by atoms with Crippen LogP contribution in [0, 0.1) is 24.2 Å². The molecule has 4 heteroatoms. The summed E-state index contributed by atoms with van der Waals surface area (Å²) in [5, 5.41) is 12.0. The first-order chi connectivity index (χ1) is 9.17. The van der Waals surface area contributed by atoms with E-state index in [9.17, 15) is 4.79 Å². The van der Waals surface area contributed by atoms with E-state index < -0.39 is 0 Å². The number of nitrogens with zero attached hydrogens (tertiary/aromatic N) is 1. The van der Waals surface area contributed by atoms with Gasteiger partial charge in [-0.05, 0) is 31.4 Å². The molecular formula is C15H18N2O2. The first-order valence-corrected chi connectivity index (χ1v) is 6.59. The van der Waals surface area contributed by atoms with Gasteiger partial charge in [0.1, 0.15) is 6.07 Å². The lowest BCUT2D eigenvalue weighted by molar-refractivity contribution is -0.121. The van der Waals surface area contributed by atoms with Crippen molar-refractivity contribution in [2.75, 3.05) is 11.9 Å². The number of amides is 1. The molecule has 2 atom stereocenters. The van der Waals surface area contributed by atoms with Crippen LogP contribution in [-0.2, 0) is 9.53 Å². The fourth-order valence-electron chi connectivity index (χ4n) is 2.50. The standard InChI is InChI=1S/C15H18N2O2/c1-3-14-11(7-8-19-14)15(18)17-13-6-4-5-10(2)12(13)9-16/h4-6,11,14H,3,7-8H2,1-2H3,(H,17,18). The molecule has 19 heavy (non-hydrogen) atoms. The number of ether oxygens (including phenoxy) is 1. The molecule has 2 unspecified atom stereocenters. The minimum Gasteiger partial charge on any atom is -0.377 e. The number of nitrogens with one attached hydrogen (secondary N) is 1. The van der Waals surface area contributed by atoms with Gasteiger partial charge in [-0.15, -0.1) is 0 Å². The van der Waals surface area contributed by atoms with Crippen LogP contribution in [0.1, 0.15) is 30.9 Å². The predicted octanol–water partition coefficient (Wildman–Crippen LogP) is 2.62. The quantitative estimate of drug-likeness (QED) is 0.906. The second-order valence-electron chi connectivity index (χ2n) is 4.81. The van der Waals surface area contributed by atoms with Crippen LogP contribution in [0.5, 0.6) is 0 Å². The van der Waals surface area contributed by atoms with E-state index in [4.69, 9.17) is 10.00 Å². The molecule has 1 aliphatic heterocycles. The smallest absolute Gasteiger partial charge is 0.230 e. The van der Waals surface area contributed by atoms with Gasteiger partial charge in [-0.1, -0.05) is 19.1 Å². The van der Waals surface area contributed by atoms with Gasteiger partial charge in [-0.2, -0.15) is 5.26 Å². The third-order valence-corrected chi connectivity index (χ3v) is 3.59. The van der Waals surface area contributed by atoms with Crippen molar-refractivity contribution < 1.29 is 9.53 Å². The van der Waals surface area contributed by atoms with Crippen LogP contribution in [0.15, 0.2) is 18.2 Å². The van der Waals surface area contributed by atoms with Gasteiger partial charge in [0.05, 0.1) is 23.3 Å². The van der Waals surface area contributed by atoms with Crippen LogP contribution in [0.2, 0.25) is 0 Å². The summed E-state index contributed by atoms with van der Waals surface area (Å²) >= 11 is 0. The molecule has 0 aliphatic carbocycles.